The van der Waals surface area contributed by atoms with E-state index in [1.54, 1.807) is 9.80 Å². The Morgan fingerprint density at radius 1 is 1.16 bits per heavy atom. The van der Waals surface area contributed by atoms with Gasteiger partial charge in [-0.2, -0.15) is 0 Å². The van der Waals surface area contributed by atoms with Gasteiger partial charge in [0.2, 0.25) is 5.91 Å². The van der Waals surface area contributed by atoms with E-state index in [-0.39, 0.29) is 35.0 Å². The molecular formula is C29H38N2O5S. The maximum absolute atomic E-state index is 13.5. The van der Waals surface area contributed by atoms with Crippen molar-refractivity contribution in [1.82, 2.24) is 4.90 Å². The van der Waals surface area contributed by atoms with Gasteiger partial charge in [-0.25, -0.2) is 9.59 Å². The van der Waals surface area contributed by atoms with Crippen LogP contribution < -0.4 is 4.90 Å². The smallest absolute Gasteiger partial charge is 0.410 e. The maximum Gasteiger partial charge on any atom is 0.410 e. The lowest BCUT2D eigenvalue weighted by Gasteiger charge is -2.31. The number of thioether (sulfide) groups is 1. The Bertz CT molecular complexity index is 1120. The van der Waals surface area contributed by atoms with Gasteiger partial charge in [-0.1, -0.05) is 62.9 Å². The Morgan fingerprint density at radius 3 is 2.54 bits per heavy atom. The second-order valence-electron chi connectivity index (χ2n) is 10.7. The van der Waals surface area contributed by atoms with Crippen molar-refractivity contribution in [2.45, 2.75) is 64.4 Å². The Morgan fingerprint density at radius 2 is 1.86 bits per heavy atom. The molecule has 1 aliphatic rings. The molecule has 8 heteroatoms. The standard InChI is InChI=1S/C29H38N2O5S/c1-7-15-35-27(33)30-19-23(37-28(34)36-29(4,5)6)17-22(30)18-31(26(32)16-20(2)3)25-14-10-12-21-11-8-9-13-24(21)25/h7-14,20,22-23H,1,15-19H2,2-6H3/t22-,23-/m0/s1. The summed E-state index contributed by atoms with van der Waals surface area (Å²) in [4.78, 5) is 42.5. The summed E-state index contributed by atoms with van der Waals surface area (Å²) in [6.45, 7) is 13.8. The molecule has 0 spiro atoms. The van der Waals surface area contributed by atoms with Gasteiger partial charge in [0, 0.05) is 30.1 Å². The number of ether oxygens (including phenoxy) is 2. The fraction of sp³-hybridized carbons (Fsp3) is 0.483. The summed E-state index contributed by atoms with van der Waals surface area (Å²) >= 11 is 1.09. The predicted octanol–water partition coefficient (Wildman–Crippen LogP) is 6.65. The molecule has 0 unspecified atom stereocenters. The summed E-state index contributed by atoms with van der Waals surface area (Å²) in [6, 6.07) is 13.5. The van der Waals surface area contributed by atoms with Gasteiger partial charge in [-0.3, -0.25) is 4.79 Å². The van der Waals surface area contributed by atoms with E-state index in [2.05, 4.69) is 6.58 Å². The Hall–Kier alpha value is -3.00. The lowest BCUT2D eigenvalue weighted by molar-refractivity contribution is -0.119. The first-order chi connectivity index (χ1) is 17.5. The zero-order valence-corrected chi connectivity index (χ0v) is 23.3. The van der Waals surface area contributed by atoms with Crippen LogP contribution in [-0.2, 0) is 14.3 Å². The van der Waals surface area contributed by atoms with Crippen LogP contribution in [0.25, 0.3) is 10.8 Å². The van der Waals surface area contributed by atoms with E-state index in [1.807, 2.05) is 77.1 Å². The molecule has 0 radical (unpaired) electrons. The number of benzene rings is 2. The summed E-state index contributed by atoms with van der Waals surface area (Å²) in [7, 11) is 0. The molecule has 0 N–H and O–H groups in total. The normalized spacial score (nSPS) is 17.6. The molecule has 0 bridgehead atoms. The number of anilines is 1. The molecular weight excluding hydrogens is 488 g/mol. The number of carbonyl (C=O) groups excluding carboxylic acids is 3. The fourth-order valence-electron chi connectivity index (χ4n) is 4.43. The third-order valence-corrected chi connectivity index (χ3v) is 6.87. The van der Waals surface area contributed by atoms with Gasteiger partial charge in [0.15, 0.2) is 0 Å². The molecule has 2 aromatic rings. The van der Waals surface area contributed by atoms with Crippen molar-refractivity contribution in [3.05, 3.63) is 55.1 Å². The maximum atomic E-state index is 13.5. The first kappa shape index (κ1) is 28.6. The summed E-state index contributed by atoms with van der Waals surface area (Å²) in [5.74, 6) is 0.173. The van der Waals surface area contributed by atoms with E-state index >= 15 is 0 Å². The van der Waals surface area contributed by atoms with Crippen molar-refractivity contribution < 1.29 is 23.9 Å². The van der Waals surface area contributed by atoms with Gasteiger partial charge >= 0.3 is 11.4 Å². The second kappa shape index (κ2) is 12.5. The number of hydrogen-bond acceptors (Lipinski definition) is 6. The third kappa shape index (κ3) is 7.99. The molecule has 1 fully saturated rings. The number of likely N-dealkylation sites (tertiary alicyclic amines) is 1. The first-order valence-electron chi connectivity index (χ1n) is 12.7. The molecule has 2 amide bonds. The van der Waals surface area contributed by atoms with Crippen LogP contribution in [0.2, 0.25) is 0 Å². The quantitative estimate of drug-likeness (QED) is 0.283. The molecule has 37 heavy (non-hydrogen) atoms. The molecule has 2 aromatic carbocycles. The minimum absolute atomic E-state index is 0.00555. The third-order valence-electron chi connectivity index (χ3n) is 5.92. The number of rotatable bonds is 8. The van der Waals surface area contributed by atoms with Gasteiger partial charge in [0.1, 0.15) is 12.2 Å². The van der Waals surface area contributed by atoms with E-state index in [0.29, 0.717) is 25.9 Å². The van der Waals surface area contributed by atoms with Gasteiger partial charge < -0.3 is 19.3 Å². The summed E-state index contributed by atoms with van der Waals surface area (Å²) in [5, 5.41) is 1.46. The highest BCUT2D eigenvalue weighted by Gasteiger charge is 2.40. The molecule has 2 atom stereocenters. The minimum atomic E-state index is -0.598. The second-order valence-corrected chi connectivity index (χ2v) is 11.9. The molecule has 200 valence electrons. The lowest BCUT2D eigenvalue weighted by Crippen LogP contribution is -2.46. The average Bonchev–Trinajstić information content (AvgIpc) is 3.21. The van der Waals surface area contributed by atoms with E-state index in [4.69, 9.17) is 9.47 Å². The van der Waals surface area contributed by atoms with Crippen LogP contribution in [0.1, 0.15) is 47.5 Å². The van der Waals surface area contributed by atoms with Crippen LogP contribution >= 0.6 is 11.8 Å². The highest BCUT2D eigenvalue weighted by atomic mass is 32.2. The SMILES string of the molecule is C=CCOC(=O)N1C[C@@H](SC(=O)OC(C)(C)C)C[C@H]1CN(C(=O)CC(C)C)c1cccc2ccccc12. The number of fused-ring (bicyclic) bond motifs is 1. The van der Waals surface area contributed by atoms with Crippen LogP contribution in [0.4, 0.5) is 15.3 Å². The summed E-state index contributed by atoms with van der Waals surface area (Å²) in [5.41, 5.74) is 0.213. The number of nitrogens with zero attached hydrogens (tertiary/aromatic N) is 2. The number of carbonyl (C=O) groups is 3. The highest BCUT2D eigenvalue weighted by Crippen LogP contribution is 2.34. The van der Waals surface area contributed by atoms with E-state index in [1.165, 1.54) is 6.08 Å². The van der Waals surface area contributed by atoms with Crippen molar-refractivity contribution in [2.24, 2.45) is 5.92 Å². The number of hydrogen-bond donors (Lipinski definition) is 0. The molecule has 7 nitrogen and oxygen atoms in total. The molecule has 1 heterocycles. The van der Waals surface area contributed by atoms with Crippen molar-refractivity contribution in [2.75, 3.05) is 24.6 Å². The minimum Gasteiger partial charge on any atom is -0.452 e. The zero-order valence-electron chi connectivity index (χ0n) is 22.4. The molecule has 0 aliphatic carbocycles. The van der Waals surface area contributed by atoms with Crippen molar-refractivity contribution in [3.63, 3.8) is 0 Å². The Balaban J connectivity index is 1.91. The van der Waals surface area contributed by atoms with Gasteiger partial charge in [0.25, 0.3) is 0 Å². The Labute approximate surface area is 224 Å². The predicted molar refractivity (Wildman–Crippen MR) is 150 cm³/mol. The average molecular weight is 527 g/mol. The molecule has 0 aromatic heterocycles. The largest absolute Gasteiger partial charge is 0.452 e. The Kier molecular flexibility index (Phi) is 9.65. The topological polar surface area (TPSA) is 76.2 Å². The van der Waals surface area contributed by atoms with Gasteiger partial charge in [0.05, 0.1) is 11.7 Å². The van der Waals surface area contributed by atoms with Crippen LogP contribution in [0.5, 0.6) is 0 Å². The summed E-state index contributed by atoms with van der Waals surface area (Å²) < 4.78 is 10.8. The van der Waals surface area contributed by atoms with E-state index in [9.17, 15) is 14.4 Å². The van der Waals surface area contributed by atoms with Crippen molar-refractivity contribution >= 4 is 45.5 Å². The van der Waals surface area contributed by atoms with E-state index < -0.39 is 11.7 Å². The van der Waals surface area contributed by atoms with Gasteiger partial charge in [-0.05, 0) is 56.3 Å². The van der Waals surface area contributed by atoms with Crippen LogP contribution in [-0.4, -0.2) is 58.8 Å². The van der Waals surface area contributed by atoms with Crippen molar-refractivity contribution in [1.29, 1.82) is 0 Å². The molecule has 1 saturated heterocycles. The monoisotopic (exact) mass is 526 g/mol. The van der Waals surface area contributed by atoms with Gasteiger partial charge in [-0.15, -0.1) is 0 Å². The fourth-order valence-corrected chi connectivity index (χ4v) is 5.55. The zero-order chi connectivity index (χ0) is 27.2. The molecule has 1 aliphatic heterocycles. The van der Waals surface area contributed by atoms with Crippen molar-refractivity contribution in [3.8, 4) is 0 Å². The molecule has 0 saturated carbocycles. The van der Waals surface area contributed by atoms with E-state index in [0.717, 1.165) is 28.2 Å². The summed E-state index contributed by atoms with van der Waals surface area (Å²) in [6.07, 6.45) is 1.95. The highest BCUT2D eigenvalue weighted by molar-refractivity contribution is 8.13. The number of amides is 2. The molecule has 3 rings (SSSR count). The van der Waals surface area contributed by atoms with Crippen LogP contribution in [0.3, 0.4) is 0 Å². The van der Waals surface area contributed by atoms with Crippen LogP contribution in [0.15, 0.2) is 55.1 Å². The van der Waals surface area contributed by atoms with Crippen LogP contribution in [0, 0.1) is 5.92 Å². The lowest BCUT2D eigenvalue weighted by atomic mass is 10.0. The first-order valence-corrected chi connectivity index (χ1v) is 13.6.